The monoisotopic (exact) mass is 166 g/mol. The average molecular weight is 166 g/mol. The summed E-state index contributed by atoms with van der Waals surface area (Å²) in [7, 11) is 0. The molecule has 1 fully saturated rings. The summed E-state index contributed by atoms with van der Waals surface area (Å²) >= 11 is 0. The molecule has 1 N–H and O–H groups in total. The van der Waals surface area contributed by atoms with Gasteiger partial charge < -0.3 is 9.84 Å². The summed E-state index contributed by atoms with van der Waals surface area (Å²) in [4.78, 5) is 0. The molecule has 0 aliphatic carbocycles. The Bertz CT molecular complexity index is 255. The van der Waals surface area contributed by atoms with E-state index in [1.54, 1.807) is 0 Å². The van der Waals surface area contributed by atoms with Crippen LogP contribution in [0.5, 0.6) is 0 Å². The van der Waals surface area contributed by atoms with E-state index in [0.717, 1.165) is 18.0 Å². The van der Waals surface area contributed by atoms with Crippen molar-refractivity contribution in [2.75, 3.05) is 6.54 Å². The molecule has 12 heavy (non-hydrogen) atoms. The molecule has 0 unspecified atom stereocenters. The minimum Gasteiger partial charge on any atom is -0.361 e. The molecular formula is C9H14N2O. The van der Waals surface area contributed by atoms with Crippen LogP contribution < -0.4 is 5.32 Å². The Morgan fingerprint density at radius 3 is 2.83 bits per heavy atom. The van der Waals surface area contributed by atoms with Crippen molar-refractivity contribution in [1.82, 2.24) is 10.5 Å². The molecule has 0 bridgehead atoms. The van der Waals surface area contributed by atoms with E-state index in [2.05, 4.69) is 10.5 Å². The third kappa shape index (κ3) is 1.14. The molecule has 0 spiro atoms. The van der Waals surface area contributed by atoms with Crippen molar-refractivity contribution < 1.29 is 4.52 Å². The molecular weight excluding hydrogens is 152 g/mol. The lowest BCUT2D eigenvalue weighted by Gasteiger charge is -2.08. The van der Waals surface area contributed by atoms with Gasteiger partial charge in [-0.05, 0) is 33.2 Å². The molecule has 0 amide bonds. The van der Waals surface area contributed by atoms with Gasteiger partial charge in [-0.2, -0.15) is 0 Å². The number of aromatic nitrogens is 1. The van der Waals surface area contributed by atoms with E-state index in [4.69, 9.17) is 4.52 Å². The Balaban J connectivity index is 2.30. The number of nitrogens with zero attached hydrogens (tertiary/aromatic N) is 1. The normalized spacial score (nSPS) is 23.3. The van der Waals surface area contributed by atoms with Gasteiger partial charge in [0.1, 0.15) is 5.76 Å². The minimum absolute atomic E-state index is 0.483. The van der Waals surface area contributed by atoms with Gasteiger partial charge in [0.2, 0.25) is 0 Å². The summed E-state index contributed by atoms with van der Waals surface area (Å²) in [6, 6.07) is 0.483. The summed E-state index contributed by atoms with van der Waals surface area (Å²) in [5, 5.41) is 7.39. The summed E-state index contributed by atoms with van der Waals surface area (Å²) in [5.74, 6) is 0.965. The molecule has 66 valence electrons. The fourth-order valence-electron chi connectivity index (χ4n) is 1.92. The van der Waals surface area contributed by atoms with Gasteiger partial charge in [0.15, 0.2) is 0 Å². The summed E-state index contributed by atoms with van der Waals surface area (Å²) < 4.78 is 5.12. The maximum atomic E-state index is 5.12. The van der Waals surface area contributed by atoms with Crippen LogP contribution >= 0.6 is 0 Å². The zero-order chi connectivity index (χ0) is 8.55. The van der Waals surface area contributed by atoms with E-state index < -0.39 is 0 Å². The first kappa shape index (κ1) is 7.80. The SMILES string of the molecule is Cc1noc(C)c1[C@@H]1CCCN1. The fourth-order valence-corrected chi connectivity index (χ4v) is 1.92. The van der Waals surface area contributed by atoms with E-state index in [1.807, 2.05) is 13.8 Å². The van der Waals surface area contributed by atoms with Crippen LogP contribution in [0, 0.1) is 13.8 Å². The van der Waals surface area contributed by atoms with Gasteiger partial charge in [-0.25, -0.2) is 0 Å². The van der Waals surface area contributed by atoms with Crippen LogP contribution in [-0.2, 0) is 0 Å². The molecule has 0 saturated carbocycles. The molecule has 1 aromatic heterocycles. The highest BCUT2D eigenvalue weighted by atomic mass is 16.5. The van der Waals surface area contributed by atoms with Crippen molar-refractivity contribution in [3.63, 3.8) is 0 Å². The second-order valence-electron chi connectivity index (χ2n) is 3.39. The highest BCUT2D eigenvalue weighted by Crippen LogP contribution is 2.27. The van der Waals surface area contributed by atoms with Crippen LogP contribution in [0.25, 0.3) is 0 Å². The third-order valence-corrected chi connectivity index (χ3v) is 2.50. The van der Waals surface area contributed by atoms with Crippen LogP contribution in [0.2, 0.25) is 0 Å². The average Bonchev–Trinajstić information content (AvgIpc) is 2.61. The van der Waals surface area contributed by atoms with Crippen LogP contribution in [0.3, 0.4) is 0 Å². The Morgan fingerprint density at radius 2 is 2.33 bits per heavy atom. The molecule has 1 saturated heterocycles. The van der Waals surface area contributed by atoms with E-state index in [1.165, 1.54) is 18.4 Å². The summed E-state index contributed by atoms with van der Waals surface area (Å²) in [5.41, 5.74) is 2.31. The Hall–Kier alpha value is -0.830. The molecule has 1 aliphatic heterocycles. The molecule has 1 aromatic rings. The first-order valence-electron chi connectivity index (χ1n) is 4.45. The largest absolute Gasteiger partial charge is 0.361 e. The maximum Gasteiger partial charge on any atom is 0.138 e. The number of rotatable bonds is 1. The lowest BCUT2D eigenvalue weighted by molar-refractivity contribution is 0.391. The predicted octanol–water partition coefficient (Wildman–Crippen LogP) is 1.72. The van der Waals surface area contributed by atoms with Crippen molar-refractivity contribution >= 4 is 0 Å². The molecule has 3 nitrogen and oxygen atoms in total. The van der Waals surface area contributed by atoms with Gasteiger partial charge in [0, 0.05) is 11.6 Å². The van der Waals surface area contributed by atoms with E-state index in [0.29, 0.717) is 6.04 Å². The van der Waals surface area contributed by atoms with E-state index in [-0.39, 0.29) is 0 Å². The van der Waals surface area contributed by atoms with Crippen LogP contribution in [0.4, 0.5) is 0 Å². The Labute approximate surface area is 72.1 Å². The molecule has 2 heterocycles. The first-order valence-corrected chi connectivity index (χ1v) is 4.45. The molecule has 2 rings (SSSR count). The first-order chi connectivity index (χ1) is 5.79. The molecule has 0 radical (unpaired) electrons. The van der Waals surface area contributed by atoms with Gasteiger partial charge in [-0.15, -0.1) is 0 Å². The molecule has 0 aromatic carbocycles. The van der Waals surface area contributed by atoms with Gasteiger partial charge >= 0.3 is 0 Å². The summed E-state index contributed by atoms with van der Waals surface area (Å²) in [6.45, 7) is 5.11. The highest BCUT2D eigenvalue weighted by Gasteiger charge is 2.22. The predicted molar refractivity (Wildman–Crippen MR) is 46.0 cm³/mol. The van der Waals surface area contributed by atoms with Crippen molar-refractivity contribution in [3.8, 4) is 0 Å². The number of aryl methyl sites for hydroxylation is 2. The zero-order valence-corrected chi connectivity index (χ0v) is 7.55. The van der Waals surface area contributed by atoms with Crippen molar-refractivity contribution in [2.45, 2.75) is 32.7 Å². The van der Waals surface area contributed by atoms with Gasteiger partial charge in [0.05, 0.1) is 5.69 Å². The lowest BCUT2D eigenvalue weighted by Crippen LogP contribution is -2.13. The second-order valence-corrected chi connectivity index (χ2v) is 3.39. The van der Waals surface area contributed by atoms with Crippen molar-refractivity contribution in [1.29, 1.82) is 0 Å². The summed E-state index contributed by atoms with van der Waals surface area (Å²) in [6.07, 6.45) is 2.47. The fraction of sp³-hybridized carbons (Fsp3) is 0.667. The third-order valence-electron chi connectivity index (χ3n) is 2.50. The number of hydrogen-bond donors (Lipinski definition) is 1. The van der Waals surface area contributed by atoms with Crippen molar-refractivity contribution in [2.24, 2.45) is 0 Å². The van der Waals surface area contributed by atoms with Gasteiger partial charge in [-0.1, -0.05) is 5.16 Å². The van der Waals surface area contributed by atoms with Crippen molar-refractivity contribution in [3.05, 3.63) is 17.0 Å². The van der Waals surface area contributed by atoms with Gasteiger partial charge in [0.25, 0.3) is 0 Å². The number of hydrogen-bond acceptors (Lipinski definition) is 3. The van der Waals surface area contributed by atoms with Crippen LogP contribution in [0.1, 0.15) is 35.9 Å². The van der Waals surface area contributed by atoms with E-state index in [9.17, 15) is 0 Å². The molecule has 3 heteroatoms. The topological polar surface area (TPSA) is 38.1 Å². The Kier molecular flexibility index (Phi) is 1.89. The minimum atomic E-state index is 0.483. The number of nitrogens with one attached hydrogen (secondary N) is 1. The Morgan fingerprint density at radius 1 is 1.50 bits per heavy atom. The lowest BCUT2D eigenvalue weighted by atomic mass is 10.0. The zero-order valence-electron chi connectivity index (χ0n) is 7.55. The second kappa shape index (κ2) is 2.90. The van der Waals surface area contributed by atoms with Crippen LogP contribution in [-0.4, -0.2) is 11.7 Å². The van der Waals surface area contributed by atoms with Gasteiger partial charge in [-0.3, -0.25) is 0 Å². The smallest absolute Gasteiger partial charge is 0.138 e. The standard InChI is InChI=1S/C9H14N2O/c1-6-9(7(2)12-11-6)8-4-3-5-10-8/h8,10H,3-5H2,1-2H3/t8-/m0/s1. The molecule has 1 atom stereocenters. The quantitative estimate of drug-likeness (QED) is 0.690. The van der Waals surface area contributed by atoms with Crippen LogP contribution in [0.15, 0.2) is 4.52 Å². The maximum absolute atomic E-state index is 5.12. The highest BCUT2D eigenvalue weighted by molar-refractivity contribution is 5.25. The van der Waals surface area contributed by atoms with E-state index >= 15 is 0 Å². The molecule has 1 aliphatic rings.